The number of carbonyl (C=O) groups excluding carboxylic acids is 1. The highest BCUT2D eigenvalue weighted by Gasteiger charge is 2.18. The van der Waals surface area contributed by atoms with Gasteiger partial charge in [-0.05, 0) is 24.1 Å². The van der Waals surface area contributed by atoms with E-state index < -0.39 is 0 Å². The monoisotopic (exact) mass is 298 g/mol. The Bertz CT molecular complexity index is 640. The molecule has 2 rings (SSSR count). The lowest BCUT2D eigenvalue weighted by Crippen LogP contribution is -2.21. The molecule has 1 unspecified atom stereocenters. The van der Waals surface area contributed by atoms with Crippen molar-refractivity contribution >= 4 is 28.8 Å². The molecule has 0 heterocycles. The van der Waals surface area contributed by atoms with Crippen LogP contribution in [0.1, 0.15) is 30.4 Å². The number of nitrogens with two attached hydrogens (primary N) is 1. The molecule has 0 aliphatic carbocycles. The summed E-state index contributed by atoms with van der Waals surface area (Å²) in [6.45, 7) is 2.00. The summed E-state index contributed by atoms with van der Waals surface area (Å²) < 4.78 is 0. The lowest BCUT2D eigenvalue weighted by Gasteiger charge is -2.15. The summed E-state index contributed by atoms with van der Waals surface area (Å²) in [5.41, 5.74) is 8.08. The van der Waals surface area contributed by atoms with E-state index in [0.29, 0.717) is 10.7 Å². The third-order valence-corrected chi connectivity index (χ3v) is 3.58. The number of hydrogen-bond donors (Lipinski definition) is 2. The average Bonchev–Trinajstić information content (AvgIpc) is 2.49. The number of thiocarbonyl (C=S) groups is 1. The molecule has 0 fully saturated rings. The molecule has 2 aromatic carbocycles. The van der Waals surface area contributed by atoms with Gasteiger partial charge in [0.15, 0.2) is 0 Å². The molecule has 21 heavy (non-hydrogen) atoms. The minimum absolute atomic E-state index is 0.0243. The SMILES string of the molecule is CCC(C(=O)Nc1cccc(C(N)=S)c1)c1ccccc1. The molecule has 0 radical (unpaired) electrons. The highest BCUT2D eigenvalue weighted by atomic mass is 32.1. The van der Waals surface area contributed by atoms with Crippen LogP contribution < -0.4 is 11.1 Å². The number of carbonyl (C=O) groups is 1. The highest BCUT2D eigenvalue weighted by molar-refractivity contribution is 7.80. The van der Waals surface area contributed by atoms with Crippen molar-refractivity contribution in [3.8, 4) is 0 Å². The van der Waals surface area contributed by atoms with Gasteiger partial charge in [0, 0.05) is 11.3 Å². The minimum atomic E-state index is -0.167. The van der Waals surface area contributed by atoms with E-state index in [1.807, 2.05) is 55.5 Å². The number of amides is 1. The van der Waals surface area contributed by atoms with E-state index in [9.17, 15) is 4.79 Å². The third kappa shape index (κ3) is 3.89. The summed E-state index contributed by atoms with van der Waals surface area (Å²) in [4.78, 5) is 12.8. The molecule has 0 aliphatic heterocycles. The van der Waals surface area contributed by atoms with Crippen molar-refractivity contribution in [1.29, 1.82) is 0 Å². The Kier molecular flexibility index (Phi) is 5.06. The molecule has 0 bridgehead atoms. The largest absolute Gasteiger partial charge is 0.389 e. The molecule has 0 aliphatic rings. The van der Waals surface area contributed by atoms with Crippen LogP contribution in [-0.4, -0.2) is 10.9 Å². The molecule has 3 nitrogen and oxygen atoms in total. The second kappa shape index (κ2) is 6.99. The van der Waals surface area contributed by atoms with Gasteiger partial charge in [-0.25, -0.2) is 0 Å². The van der Waals surface area contributed by atoms with Crippen LogP contribution in [0.5, 0.6) is 0 Å². The predicted octanol–water partition coefficient (Wildman–Crippen LogP) is 3.45. The van der Waals surface area contributed by atoms with Gasteiger partial charge in [-0.15, -0.1) is 0 Å². The first-order chi connectivity index (χ1) is 10.1. The Hall–Kier alpha value is -2.20. The van der Waals surface area contributed by atoms with Gasteiger partial charge in [0.1, 0.15) is 4.99 Å². The molecule has 0 spiro atoms. The van der Waals surface area contributed by atoms with Crippen LogP contribution in [0.25, 0.3) is 0 Å². The van der Waals surface area contributed by atoms with Crippen LogP contribution in [0.15, 0.2) is 54.6 Å². The van der Waals surface area contributed by atoms with Gasteiger partial charge in [0.2, 0.25) is 5.91 Å². The normalized spacial score (nSPS) is 11.7. The van der Waals surface area contributed by atoms with E-state index in [4.69, 9.17) is 18.0 Å². The third-order valence-electron chi connectivity index (χ3n) is 3.34. The molecule has 1 atom stereocenters. The molecule has 2 aromatic rings. The lowest BCUT2D eigenvalue weighted by atomic mass is 9.95. The zero-order valence-corrected chi connectivity index (χ0v) is 12.7. The van der Waals surface area contributed by atoms with Crippen LogP contribution in [0.2, 0.25) is 0 Å². The summed E-state index contributed by atoms with van der Waals surface area (Å²) in [5.74, 6) is -0.191. The average molecular weight is 298 g/mol. The Morgan fingerprint density at radius 2 is 1.90 bits per heavy atom. The predicted molar refractivity (Wildman–Crippen MR) is 90.4 cm³/mol. The topological polar surface area (TPSA) is 55.1 Å². The van der Waals surface area contributed by atoms with Crippen molar-refractivity contribution in [1.82, 2.24) is 0 Å². The van der Waals surface area contributed by atoms with E-state index in [2.05, 4.69) is 5.32 Å². The number of hydrogen-bond acceptors (Lipinski definition) is 2. The van der Waals surface area contributed by atoms with Gasteiger partial charge in [-0.1, -0.05) is 61.6 Å². The van der Waals surface area contributed by atoms with Crippen molar-refractivity contribution in [3.05, 3.63) is 65.7 Å². The van der Waals surface area contributed by atoms with Crippen LogP contribution >= 0.6 is 12.2 Å². The van der Waals surface area contributed by atoms with Gasteiger partial charge in [-0.3, -0.25) is 4.79 Å². The second-order valence-corrected chi connectivity index (χ2v) is 5.25. The lowest BCUT2D eigenvalue weighted by molar-refractivity contribution is -0.117. The molecule has 0 saturated carbocycles. The van der Waals surface area contributed by atoms with E-state index in [1.54, 1.807) is 6.07 Å². The smallest absolute Gasteiger partial charge is 0.231 e. The van der Waals surface area contributed by atoms with E-state index in [-0.39, 0.29) is 11.8 Å². The van der Waals surface area contributed by atoms with Crippen molar-refractivity contribution < 1.29 is 4.79 Å². The number of anilines is 1. The summed E-state index contributed by atoms with van der Waals surface area (Å²) in [5, 5.41) is 2.93. The first-order valence-corrected chi connectivity index (χ1v) is 7.28. The molecule has 1 amide bonds. The van der Waals surface area contributed by atoms with Crippen molar-refractivity contribution in [2.24, 2.45) is 5.73 Å². The summed E-state index contributed by atoms with van der Waals surface area (Å²) in [7, 11) is 0. The molecule has 108 valence electrons. The Labute approximate surface area is 130 Å². The maximum Gasteiger partial charge on any atom is 0.231 e. The van der Waals surface area contributed by atoms with Crippen LogP contribution in [0.3, 0.4) is 0 Å². The number of rotatable bonds is 5. The van der Waals surface area contributed by atoms with E-state index >= 15 is 0 Å². The zero-order chi connectivity index (χ0) is 15.2. The summed E-state index contributed by atoms with van der Waals surface area (Å²) in [6, 6.07) is 17.0. The second-order valence-electron chi connectivity index (χ2n) is 4.81. The van der Waals surface area contributed by atoms with Gasteiger partial charge in [-0.2, -0.15) is 0 Å². The van der Waals surface area contributed by atoms with Crippen molar-refractivity contribution in [2.75, 3.05) is 5.32 Å². The minimum Gasteiger partial charge on any atom is -0.389 e. The van der Waals surface area contributed by atoms with Crippen LogP contribution in [0.4, 0.5) is 5.69 Å². The molecule has 3 N–H and O–H groups in total. The standard InChI is InChI=1S/C17H18N2OS/c1-2-15(12-7-4-3-5-8-12)17(20)19-14-10-6-9-13(11-14)16(18)21/h3-11,15H,2H2,1H3,(H2,18,21)(H,19,20). The maximum atomic E-state index is 12.5. The summed E-state index contributed by atoms with van der Waals surface area (Å²) in [6.07, 6.45) is 0.741. The first kappa shape index (κ1) is 15.2. The molecular weight excluding hydrogens is 280 g/mol. The quantitative estimate of drug-likeness (QED) is 0.831. The van der Waals surface area contributed by atoms with Crippen LogP contribution in [-0.2, 0) is 4.79 Å². The fraction of sp³-hybridized carbons (Fsp3) is 0.176. The first-order valence-electron chi connectivity index (χ1n) is 6.87. The van der Waals surface area contributed by atoms with Gasteiger partial charge < -0.3 is 11.1 Å². The fourth-order valence-corrected chi connectivity index (χ4v) is 2.36. The molecule has 0 aromatic heterocycles. The number of nitrogens with one attached hydrogen (secondary N) is 1. The highest BCUT2D eigenvalue weighted by Crippen LogP contribution is 2.21. The Balaban J connectivity index is 2.16. The molecular formula is C17H18N2OS. The number of benzene rings is 2. The van der Waals surface area contributed by atoms with Gasteiger partial charge in [0.05, 0.1) is 5.92 Å². The van der Waals surface area contributed by atoms with Crippen molar-refractivity contribution in [3.63, 3.8) is 0 Å². The van der Waals surface area contributed by atoms with Crippen molar-refractivity contribution in [2.45, 2.75) is 19.3 Å². The fourth-order valence-electron chi connectivity index (χ4n) is 2.24. The Morgan fingerprint density at radius 1 is 1.19 bits per heavy atom. The molecule has 0 saturated heterocycles. The Morgan fingerprint density at radius 3 is 2.52 bits per heavy atom. The maximum absolute atomic E-state index is 12.5. The summed E-state index contributed by atoms with van der Waals surface area (Å²) >= 11 is 4.95. The van der Waals surface area contributed by atoms with Gasteiger partial charge >= 0.3 is 0 Å². The van der Waals surface area contributed by atoms with Gasteiger partial charge in [0.25, 0.3) is 0 Å². The van der Waals surface area contributed by atoms with E-state index in [1.165, 1.54) is 0 Å². The zero-order valence-electron chi connectivity index (χ0n) is 11.9. The van der Waals surface area contributed by atoms with E-state index in [0.717, 1.165) is 17.5 Å². The van der Waals surface area contributed by atoms with Crippen LogP contribution in [0, 0.1) is 0 Å². The molecule has 4 heteroatoms.